The highest BCUT2D eigenvalue weighted by Crippen LogP contribution is 2.34. The van der Waals surface area contributed by atoms with Gasteiger partial charge < -0.3 is 9.47 Å². The molecule has 3 atom stereocenters. The Morgan fingerprint density at radius 3 is 2.84 bits per heavy atom. The Kier molecular flexibility index (Phi) is 4.39. The smallest absolute Gasteiger partial charge is 0.288 e. The SMILES string of the molecule is CCC1CC(C)OC(c2ccc(Cl)c([N+](=O)[O-])c2)O1. The summed E-state index contributed by atoms with van der Waals surface area (Å²) >= 11 is 5.79. The highest BCUT2D eigenvalue weighted by molar-refractivity contribution is 6.32. The van der Waals surface area contributed by atoms with E-state index in [9.17, 15) is 10.1 Å². The molecule has 0 amide bonds. The Hall–Kier alpha value is -1.17. The summed E-state index contributed by atoms with van der Waals surface area (Å²) in [4.78, 5) is 10.4. The topological polar surface area (TPSA) is 61.6 Å². The molecule has 0 saturated carbocycles. The molecular formula is C13H16ClNO4. The summed E-state index contributed by atoms with van der Waals surface area (Å²) in [5.41, 5.74) is 0.499. The number of nitrogens with zero attached hydrogens (tertiary/aromatic N) is 1. The minimum Gasteiger partial charge on any atom is -0.345 e. The first kappa shape index (κ1) is 14.2. The van der Waals surface area contributed by atoms with E-state index < -0.39 is 11.2 Å². The number of nitro benzene ring substituents is 1. The Labute approximate surface area is 116 Å². The Balaban J connectivity index is 2.26. The van der Waals surface area contributed by atoms with E-state index in [1.165, 1.54) is 12.1 Å². The lowest BCUT2D eigenvalue weighted by Crippen LogP contribution is -2.31. The average Bonchev–Trinajstić information content (AvgIpc) is 2.38. The molecule has 1 aliphatic rings. The molecule has 6 heteroatoms. The molecule has 1 aliphatic heterocycles. The molecule has 1 aromatic rings. The predicted octanol–water partition coefficient (Wildman–Crippen LogP) is 3.85. The number of rotatable bonds is 3. The van der Waals surface area contributed by atoms with Crippen molar-refractivity contribution in [1.82, 2.24) is 0 Å². The molecule has 2 rings (SSSR count). The van der Waals surface area contributed by atoms with Gasteiger partial charge >= 0.3 is 0 Å². The molecule has 0 N–H and O–H groups in total. The monoisotopic (exact) mass is 285 g/mol. The molecule has 0 aliphatic carbocycles. The first-order valence-corrected chi connectivity index (χ1v) is 6.63. The van der Waals surface area contributed by atoms with Crippen LogP contribution in [0.3, 0.4) is 0 Å². The zero-order valence-corrected chi connectivity index (χ0v) is 11.6. The van der Waals surface area contributed by atoms with Crippen LogP contribution in [0.1, 0.15) is 38.5 Å². The van der Waals surface area contributed by atoms with Crippen LogP contribution in [0.15, 0.2) is 18.2 Å². The van der Waals surface area contributed by atoms with E-state index in [1.807, 2.05) is 13.8 Å². The molecule has 0 radical (unpaired) electrons. The van der Waals surface area contributed by atoms with Gasteiger partial charge in [0.25, 0.3) is 5.69 Å². The third kappa shape index (κ3) is 3.23. The van der Waals surface area contributed by atoms with Crippen LogP contribution >= 0.6 is 11.6 Å². The van der Waals surface area contributed by atoms with Gasteiger partial charge in [0.2, 0.25) is 0 Å². The van der Waals surface area contributed by atoms with E-state index in [0.717, 1.165) is 12.8 Å². The Morgan fingerprint density at radius 2 is 2.21 bits per heavy atom. The van der Waals surface area contributed by atoms with Crippen molar-refractivity contribution >= 4 is 17.3 Å². The molecule has 3 unspecified atom stereocenters. The minimum atomic E-state index is -0.565. The van der Waals surface area contributed by atoms with Gasteiger partial charge in [0.15, 0.2) is 6.29 Å². The summed E-state index contributed by atoms with van der Waals surface area (Å²) in [6.45, 7) is 4.02. The van der Waals surface area contributed by atoms with Crippen LogP contribution in [0, 0.1) is 10.1 Å². The third-order valence-corrected chi connectivity index (χ3v) is 3.48. The van der Waals surface area contributed by atoms with Gasteiger partial charge in [-0.15, -0.1) is 0 Å². The maximum atomic E-state index is 10.9. The molecule has 0 aromatic heterocycles. The van der Waals surface area contributed by atoms with Gasteiger partial charge in [-0.05, 0) is 25.8 Å². The zero-order valence-electron chi connectivity index (χ0n) is 10.8. The second kappa shape index (κ2) is 5.86. The number of benzene rings is 1. The zero-order chi connectivity index (χ0) is 14.0. The second-order valence-electron chi connectivity index (χ2n) is 4.65. The first-order chi connectivity index (χ1) is 9.01. The van der Waals surface area contributed by atoms with Gasteiger partial charge in [-0.3, -0.25) is 10.1 Å². The van der Waals surface area contributed by atoms with Crippen LogP contribution in [0.25, 0.3) is 0 Å². The van der Waals surface area contributed by atoms with Crippen molar-refractivity contribution in [2.24, 2.45) is 0 Å². The molecule has 1 heterocycles. The van der Waals surface area contributed by atoms with Crippen molar-refractivity contribution in [1.29, 1.82) is 0 Å². The molecule has 0 spiro atoms. The highest BCUT2D eigenvalue weighted by Gasteiger charge is 2.29. The van der Waals surface area contributed by atoms with Crippen molar-refractivity contribution in [2.75, 3.05) is 0 Å². The molecule has 1 aromatic carbocycles. The van der Waals surface area contributed by atoms with Crippen molar-refractivity contribution in [3.05, 3.63) is 38.9 Å². The fourth-order valence-electron chi connectivity index (χ4n) is 2.14. The van der Waals surface area contributed by atoms with E-state index in [-0.39, 0.29) is 22.9 Å². The van der Waals surface area contributed by atoms with Crippen LogP contribution in [0.5, 0.6) is 0 Å². The standard InChI is InChI=1S/C13H16ClNO4/c1-3-10-6-8(2)18-13(19-10)9-4-5-11(14)12(7-9)15(16)17/h4-5,7-8,10,13H,3,6H2,1-2H3. The molecule has 1 fully saturated rings. The van der Waals surface area contributed by atoms with Crippen LogP contribution < -0.4 is 0 Å². The fraction of sp³-hybridized carbons (Fsp3) is 0.538. The van der Waals surface area contributed by atoms with Crippen LogP contribution in [-0.2, 0) is 9.47 Å². The van der Waals surface area contributed by atoms with Gasteiger partial charge in [-0.1, -0.05) is 24.6 Å². The molecule has 104 valence electrons. The van der Waals surface area contributed by atoms with Gasteiger partial charge in [0.1, 0.15) is 5.02 Å². The summed E-state index contributed by atoms with van der Waals surface area (Å²) in [7, 11) is 0. The summed E-state index contributed by atoms with van der Waals surface area (Å²) in [5.74, 6) is 0. The number of halogens is 1. The summed E-state index contributed by atoms with van der Waals surface area (Å²) in [5, 5.41) is 11.0. The van der Waals surface area contributed by atoms with E-state index in [2.05, 4.69) is 0 Å². The van der Waals surface area contributed by atoms with Crippen molar-refractivity contribution < 1.29 is 14.4 Å². The third-order valence-electron chi connectivity index (χ3n) is 3.16. The van der Waals surface area contributed by atoms with Gasteiger partial charge in [0.05, 0.1) is 17.1 Å². The second-order valence-corrected chi connectivity index (χ2v) is 5.06. The lowest BCUT2D eigenvalue weighted by molar-refractivity contribution is -0.385. The normalized spacial score (nSPS) is 27.2. The summed E-state index contributed by atoms with van der Waals surface area (Å²) < 4.78 is 11.5. The van der Waals surface area contributed by atoms with Crippen LogP contribution in [0.4, 0.5) is 5.69 Å². The molecule has 0 bridgehead atoms. The van der Waals surface area contributed by atoms with Crippen LogP contribution in [-0.4, -0.2) is 17.1 Å². The maximum absolute atomic E-state index is 10.9. The van der Waals surface area contributed by atoms with Crippen molar-refractivity contribution in [3.63, 3.8) is 0 Å². The number of ether oxygens (including phenoxy) is 2. The number of hydrogen-bond donors (Lipinski definition) is 0. The van der Waals surface area contributed by atoms with Crippen molar-refractivity contribution in [3.8, 4) is 0 Å². The first-order valence-electron chi connectivity index (χ1n) is 6.26. The van der Waals surface area contributed by atoms with Crippen LogP contribution in [0.2, 0.25) is 5.02 Å². The van der Waals surface area contributed by atoms with Gasteiger partial charge in [-0.2, -0.15) is 0 Å². The van der Waals surface area contributed by atoms with Gasteiger partial charge in [0, 0.05) is 11.6 Å². The quantitative estimate of drug-likeness (QED) is 0.625. The number of hydrogen-bond acceptors (Lipinski definition) is 4. The van der Waals surface area contributed by atoms with E-state index in [1.54, 1.807) is 6.07 Å². The Morgan fingerprint density at radius 1 is 1.47 bits per heavy atom. The van der Waals surface area contributed by atoms with Crippen molar-refractivity contribution in [2.45, 2.75) is 45.2 Å². The molecule has 1 saturated heterocycles. The minimum absolute atomic E-state index is 0.0680. The summed E-state index contributed by atoms with van der Waals surface area (Å²) in [6, 6.07) is 4.62. The van der Waals surface area contributed by atoms with E-state index in [4.69, 9.17) is 21.1 Å². The molecular weight excluding hydrogens is 270 g/mol. The predicted molar refractivity (Wildman–Crippen MR) is 71.2 cm³/mol. The molecule has 19 heavy (non-hydrogen) atoms. The van der Waals surface area contributed by atoms with E-state index >= 15 is 0 Å². The number of nitro groups is 1. The average molecular weight is 286 g/mol. The highest BCUT2D eigenvalue weighted by atomic mass is 35.5. The Bertz CT molecular complexity index is 480. The summed E-state index contributed by atoms with van der Waals surface area (Å²) in [6.07, 6.45) is 1.34. The van der Waals surface area contributed by atoms with Gasteiger partial charge in [-0.25, -0.2) is 0 Å². The maximum Gasteiger partial charge on any atom is 0.288 e. The lowest BCUT2D eigenvalue weighted by Gasteiger charge is -2.34. The molecule has 5 nitrogen and oxygen atoms in total. The largest absolute Gasteiger partial charge is 0.345 e. The fourth-order valence-corrected chi connectivity index (χ4v) is 2.32. The lowest BCUT2D eigenvalue weighted by atomic mass is 10.1. The van der Waals surface area contributed by atoms with E-state index in [0.29, 0.717) is 5.56 Å².